The number of esters is 1. The third kappa shape index (κ3) is 6.74. The lowest BCUT2D eigenvalue weighted by Crippen LogP contribution is -2.44. The minimum absolute atomic E-state index is 0. The van der Waals surface area contributed by atoms with E-state index in [4.69, 9.17) is 5.73 Å². The molecule has 0 radical (unpaired) electrons. The molecule has 0 saturated carbocycles. The van der Waals surface area contributed by atoms with Gasteiger partial charge in [0, 0.05) is 5.54 Å². The van der Waals surface area contributed by atoms with Crippen LogP contribution in [0.4, 0.5) is 0 Å². The lowest BCUT2D eigenvalue weighted by atomic mass is 10.1. The van der Waals surface area contributed by atoms with Crippen LogP contribution in [0.5, 0.6) is 0 Å². The number of hydrogen-bond donors (Lipinski definition) is 2. The Balaban J connectivity index is 0.00000361. The van der Waals surface area contributed by atoms with Crippen molar-refractivity contribution >= 4 is 35.9 Å². The quantitative estimate of drug-likeness (QED) is 0.359. The molecule has 0 saturated heterocycles. The van der Waals surface area contributed by atoms with Crippen molar-refractivity contribution in [3.8, 4) is 0 Å². The highest BCUT2D eigenvalue weighted by Crippen LogP contribution is 2.07. The fourth-order valence-corrected chi connectivity index (χ4v) is 1.46. The van der Waals surface area contributed by atoms with Gasteiger partial charge in [0.25, 0.3) is 0 Å². The summed E-state index contributed by atoms with van der Waals surface area (Å²) in [4.78, 5) is 15.5. The molecule has 1 aromatic carbocycles. The highest BCUT2D eigenvalue weighted by Gasteiger charge is 2.09. The molecular weight excluding hydrogens is 369 g/mol. The van der Waals surface area contributed by atoms with E-state index in [1.165, 1.54) is 7.11 Å². The molecule has 20 heavy (non-hydrogen) atoms. The molecule has 0 aromatic heterocycles. The van der Waals surface area contributed by atoms with Crippen molar-refractivity contribution in [1.29, 1.82) is 0 Å². The zero-order chi connectivity index (χ0) is 14.5. The van der Waals surface area contributed by atoms with Gasteiger partial charge in [-0.05, 0) is 38.5 Å². The third-order valence-corrected chi connectivity index (χ3v) is 2.31. The molecule has 1 aromatic rings. The Morgan fingerprint density at radius 3 is 2.30 bits per heavy atom. The van der Waals surface area contributed by atoms with E-state index in [9.17, 15) is 4.79 Å². The van der Waals surface area contributed by atoms with Gasteiger partial charge in [0.1, 0.15) is 0 Å². The molecule has 0 amide bonds. The average molecular weight is 391 g/mol. The fraction of sp³-hybridized carbons (Fsp3) is 0.429. The first-order valence-electron chi connectivity index (χ1n) is 6.07. The molecule has 0 aliphatic rings. The lowest BCUT2D eigenvalue weighted by molar-refractivity contribution is 0.0600. The first-order chi connectivity index (χ1) is 8.81. The molecule has 0 aliphatic carbocycles. The van der Waals surface area contributed by atoms with Crippen LogP contribution in [0.2, 0.25) is 0 Å². The monoisotopic (exact) mass is 391 g/mol. The van der Waals surface area contributed by atoms with Gasteiger partial charge in [-0.25, -0.2) is 9.79 Å². The van der Waals surface area contributed by atoms with Gasteiger partial charge < -0.3 is 15.8 Å². The molecule has 0 unspecified atom stereocenters. The van der Waals surface area contributed by atoms with Crippen LogP contribution in [0.3, 0.4) is 0 Å². The van der Waals surface area contributed by atoms with Gasteiger partial charge in [0.2, 0.25) is 0 Å². The average Bonchev–Trinajstić information content (AvgIpc) is 2.34. The molecular formula is C14H22IN3O2. The first-order valence-corrected chi connectivity index (χ1v) is 6.07. The molecule has 0 spiro atoms. The van der Waals surface area contributed by atoms with Crippen molar-refractivity contribution in [2.45, 2.75) is 32.9 Å². The van der Waals surface area contributed by atoms with Crippen LogP contribution in [0.1, 0.15) is 36.7 Å². The van der Waals surface area contributed by atoms with Gasteiger partial charge in [-0.15, -0.1) is 24.0 Å². The summed E-state index contributed by atoms with van der Waals surface area (Å²) in [5.41, 5.74) is 7.17. The number of benzene rings is 1. The van der Waals surface area contributed by atoms with Crippen LogP contribution >= 0.6 is 24.0 Å². The molecule has 0 aliphatic heterocycles. The molecule has 5 nitrogen and oxygen atoms in total. The maximum atomic E-state index is 11.3. The lowest BCUT2D eigenvalue weighted by Gasteiger charge is -2.20. The van der Waals surface area contributed by atoms with Crippen LogP contribution in [-0.4, -0.2) is 24.6 Å². The van der Waals surface area contributed by atoms with Gasteiger partial charge in [-0.1, -0.05) is 12.1 Å². The van der Waals surface area contributed by atoms with E-state index in [0.29, 0.717) is 18.1 Å². The first kappa shape index (κ1) is 18.7. The van der Waals surface area contributed by atoms with Crippen LogP contribution < -0.4 is 11.1 Å². The van der Waals surface area contributed by atoms with E-state index >= 15 is 0 Å². The van der Waals surface area contributed by atoms with Crippen LogP contribution in [0.25, 0.3) is 0 Å². The summed E-state index contributed by atoms with van der Waals surface area (Å²) >= 11 is 0. The summed E-state index contributed by atoms with van der Waals surface area (Å²) in [6.07, 6.45) is 0. The van der Waals surface area contributed by atoms with Crippen molar-refractivity contribution in [3.63, 3.8) is 0 Å². The SMILES string of the molecule is COC(=O)c1ccc(CN=C(N)NC(C)(C)C)cc1.I. The second-order valence-corrected chi connectivity index (χ2v) is 5.26. The Morgan fingerprint density at radius 1 is 1.30 bits per heavy atom. The van der Waals surface area contributed by atoms with Crippen molar-refractivity contribution in [2.75, 3.05) is 7.11 Å². The molecule has 112 valence electrons. The number of methoxy groups -OCH3 is 1. The topological polar surface area (TPSA) is 76.7 Å². The second kappa shape index (κ2) is 8.08. The second-order valence-electron chi connectivity index (χ2n) is 5.26. The molecule has 6 heteroatoms. The van der Waals surface area contributed by atoms with Gasteiger partial charge in [0.05, 0.1) is 19.2 Å². The van der Waals surface area contributed by atoms with Crippen LogP contribution in [-0.2, 0) is 11.3 Å². The van der Waals surface area contributed by atoms with Crippen LogP contribution in [0.15, 0.2) is 29.3 Å². The van der Waals surface area contributed by atoms with Crippen molar-refractivity contribution in [3.05, 3.63) is 35.4 Å². The fourth-order valence-electron chi connectivity index (χ4n) is 1.46. The van der Waals surface area contributed by atoms with E-state index < -0.39 is 0 Å². The number of rotatable bonds is 3. The van der Waals surface area contributed by atoms with Crippen molar-refractivity contribution in [2.24, 2.45) is 10.7 Å². The Labute approximate surface area is 137 Å². The molecule has 0 atom stereocenters. The number of nitrogens with one attached hydrogen (secondary N) is 1. The van der Waals surface area contributed by atoms with Gasteiger partial charge in [0.15, 0.2) is 5.96 Å². The van der Waals surface area contributed by atoms with E-state index in [2.05, 4.69) is 15.0 Å². The number of guanidine groups is 1. The summed E-state index contributed by atoms with van der Waals surface area (Å²) in [7, 11) is 1.36. The molecule has 0 fully saturated rings. The predicted octanol–water partition coefficient (Wildman–Crippen LogP) is 2.29. The number of ether oxygens (including phenoxy) is 1. The van der Waals surface area contributed by atoms with Gasteiger partial charge in [-0.3, -0.25) is 0 Å². The third-order valence-electron chi connectivity index (χ3n) is 2.31. The van der Waals surface area contributed by atoms with Crippen molar-refractivity contribution < 1.29 is 9.53 Å². The number of nitrogens with two attached hydrogens (primary N) is 1. The molecule has 0 bridgehead atoms. The maximum absolute atomic E-state index is 11.3. The summed E-state index contributed by atoms with van der Waals surface area (Å²) in [6, 6.07) is 7.09. The number of halogens is 1. The largest absolute Gasteiger partial charge is 0.465 e. The highest BCUT2D eigenvalue weighted by molar-refractivity contribution is 14.0. The summed E-state index contributed by atoms with van der Waals surface area (Å²) in [6.45, 7) is 6.51. The molecule has 1 rings (SSSR count). The van der Waals surface area contributed by atoms with Gasteiger partial charge in [-0.2, -0.15) is 0 Å². The number of aliphatic imine (C=N–C) groups is 1. The Morgan fingerprint density at radius 2 is 1.85 bits per heavy atom. The molecule has 3 N–H and O–H groups in total. The zero-order valence-corrected chi connectivity index (χ0v) is 14.6. The summed E-state index contributed by atoms with van der Waals surface area (Å²) in [5.74, 6) is 0.0634. The smallest absolute Gasteiger partial charge is 0.337 e. The summed E-state index contributed by atoms with van der Waals surface area (Å²) in [5, 5.41) is 3.08. The minimum Gasteiger partial charge on any atom is -0.465 e. The Kier molecular flexibility index (Phi) is 7.55. The van der Waals surface area contributed by atoms with E-state index in [1.54, 1.807) is 12.1 Å². The van der Waals surface area contributed by atoms with E-state index in [0.717, 1.165) is 5.56 Å². The van der Waals surface area contributed by atoms with Crippen LogP contribution in [0, 0.1) is 0 Å². The highest BCUT2D eigenvalue weighted by atomic mass is 127. The Hall–Kier alpha value is -1.31. The van der Waals surface area contributed by atoms with Gasteiger partial charge >= 0.3 is 5.97 Å². The predicted molar refractivity (Wildman–Crippen MR) is 91.4 cm³/mol. The zero-order valence-electron chi connectivity index (χ0n) is 12.3. The normalized spacial score (nSPS) is 11.5. The maximum Gasteiger partial charge on any atom is 0.337 e. The van der Waals surface area contributed by atoms with E-state index in [-0.39, 0.29) is 35.5 Å². The minimum atomic E-state index is -0.344. The summed E-state index contributed by atoms with van der Waals surface area (Å²) < 4.78 is 4.63. The number of carbonyl (C=O) groups is 1. The standard InChI is InChI=1S/C14H21N3O2.HI/c1-14(2,3)17-13(15)16-9-10-5-7-11(8-6-10)12(18)19-4;/h5-8H,9H2,1-4H3,(H3,15,16,17);1H. The number of hydrogen-bond acceptors (Lipinski definition) is 3. The number of carbonyl (C=O) groups excluding carboxylic acids is 1. The molecule has 0 heterocycles. The number of nitrogens with zero attached hydrogens (tertiary/aromatic N) is 1. The van der Waals surface area contributed by atoms with E-state index in [1.807, 2.05) is 32.9 Å². The van der Waals surface area contributed by atoms with Crippen molar-refractivity contribution in [1.82, 2.24) is 5.32 Å². The Bertz CT molecular complexity index is 464.